The van der Waals surface area contributed by atoms with Gasteiger partial charge >= 0.3 is 24.4 Å². The molecule has 0 bridgehead atoms. The molecule has 8 aliphatic rings. The standard InChI is InChI=1S/C20H28FN3O4.2C18H24FN3O4.C17H22FN3O4/c1-14(25)23-12-17-13-24(20(26)28-17)16-4-5-19(18(21)11-16)27-10-2-3-15-6-8-22-9-7-15;1-12(23)21-9-15-10-22(18(24)26-15)14-2-3-17(16(19)8-14)25-11-13-4-6-20-7-5-13;1-12(23)21-10-15-11-22(18(24)26-15)13-4-5-17(16(19)9-13)25-14-3-2-7-20-8-6-14;1-11(22)20-8-14-9-21(17(23)25-14)13-2-3-16(15(18)6-13)24-10-12-4-5-19-7-12/h4-5,11,15,17,22H,2-3,6-10,12-13H2,1H3,(H,23,25);2-3,8,13,15,20H,4-7,9-11H2,1H3,(H,21,23);4-5,9,14-15,20H,2-3,6-8,10-11H2,1H3,(H,21,23);2-3,6,12,14,19H,4-5,7-10H2,1H3,(H,20,22)/t17-;15-;14?,15-;12?,14-/m0000/s1. The number of nitrogens with one attached hydrogen (secondary N) is 8. The Labute approximate surface area is 608 Å². The Morgan fingerprint density at radius 2 is 0.752 bits per heavy atom. The highest BCUT2D eigenvalue weighted by Crippen LogP contribution is 2.33. The summed E-state index contributed by atoms with van der Waals surface area (Å²) in [7, 11) is 0. The number of halogens is 4. The lowest BCUT2D eigenvalue weighted by molar-refractivity contribution is -0.120. The maximum absolute atomic E-state index is 14.5. The summed E-state index contributed by atoms with van der Waals surface area (Å²) in [6.45, 7) is 16.7. The number of hydrogen-bond acceptors (Lipinski definition) is 20. The van der Waals surface area contributed by atoms with Crippen LogP contribution in [0.2, 0.25) is 0 Å². The van der Waals surface area contributed by atoms with Gasteiger partial charge in [-0.05, 0) is 170 Å². The van der Waals surface area contributed by atoms with Crippen molar-refractivity contribution in [1.82, 2.24) is 42.5 Å². The van der Waals surface area contributed by atoms with Gasteiger partial charge in [-0.15, -0.1) is 0 Å². The lowest BCUT2D eigenvalue weighted by Crippen LogP contribution is -2.33. The molecule has 574 valence electrons. The zero-order valence-corrected chi connectivity index (χ0v) is 59.9. The van der Waals surface area contributed by atoms with Crippen LogP contribution < -0.4 is 81.1 Å². The third kappa shape index (κ3) is 25.1. The third-order valence-electron chi connectivity index (χ3n) is 18.6. The number of carbonyl (C=O) groups is 8. The monoisotopic (exact) mass is 1470 g/mol. The van der Waals surface area contributed by atoms with E-state index >= 15 is 0 Å². The van der Waals surface area contributed by atoms with Gasteiger partial charge in [-0.25, -0.2) is 36.7 Å². The molecule has 28 nitrogen and oxygen atoms in total. The van der Waals surface area contributed by atoms with Crippen molar-refractivity contribution in [3.8, 4) is 23.0 Å². The summed E-state index contributed by atoms with van der Waals surface area (Å²) in [4.78, 5) is 97.2. The molecule has 8 heterocycles. The van der Waals surface area contributed by atoms with Gasteiger partial charge in [0, 0.05) is 64.4 Å². The van der Waals surface area contributed by atoms with Crippen LogP contribution in [0.3, 0.4) is 0 Å². The van der Waals surface area contributed by atoms with Gasteiger partial charge in [-0.2, -0.15) is 0 Å². The van der Waals surface area contributed by atoms with E-state index < -0.39 is 72.1 Å². The van der Waals surface area contributed by atoms with E-state index in [4.69, 9.17) is 37.9 Å². The molecule has 4 aromatic carbocycles. The summed E-state index contributed by atoms with van der Waals surface area (Å²) in [6, 6.07) is 17.8. The van der Waals surface area contributed by atoms with E-state index in [2.05, 4.69) is 42.5 Å². The van der Waals surface area contributed by atoms with Gasteiger partial charge in [0.25, 0.3) is 0 Å². The predicted octanol–water partition coefficient (Wildman–Crippen LogP) is 7.19. The molecule has 8 aliphatic heterocycles. The van der Waals surface area contributed by atoms with Gasteiger partial charge in [0.1, 0.15) is 30.5 Å². The van der Waals surface area contributed by atoms with E-state index in [0.717, 1.165) is 110 Å². The summed E-state index contributed by atoms with van der Waals surface area (Å²) >= 11 is 0. The Morgan fingerprint density at radius 1 is 0.419 bits per heavy atom. The maximum Gasteiger partial charge on any atom is 0.414 e. The summed E-state index contributed by atoms with van der Waals surface area (Å²) < 4.78 is 101. The van der Waals surface area contributed by atoms with E-state index in [1.165, 1.54) is 90.5 Å². The average molecular weight is 1480 g/mol. The molecule has 12 rings (SSSR count). The zero-order chi connectivity index (χ0) is 74.8. The topological polar surface area (TPSA) is 320 Å². The van der Waals surface area contributed by atoms with Crippen LogP contribution >= 0.6 is 0 Å². The molecule has 8 saturated heterocycles. The molecule has 6 atom stereocenters. The van der Waals surface area contributed by atoms with E-state index in [1.807, 2.05) is 0 Å². The molecule has 32 heteroatoms. The quantitative estimate of drug-likeness (QED) is 0.0185. The van der Waals surface area contributed by atoms with Crippen molar-refractivity contribution in [2.75, 3.05) is 144 Å². The van der Waals surface area contributed by atoms with E-state index in [1.54, 1.807) is 42.5 Å². The average Bonchev–Trinajstić information content (AvgIpc) is 1.74. The minimum Gasteiger partial charge on any atom is -0.491 e. The Hall–Kier alpha value is -9.40. The van der Waals surface area contributed by atoms with Crippen LogP contribution in [0, 0.1) is 41.0 Å². The molecule has 0 spiro atoms. The van der Waals surface area contributed by atoms with Crippen molar-refractivity contribution in [2.45, 2.75) is 122 Å². The van der Waals surface area contributed by atoms with Gasteiger partial charge in [-0.1, -0.05) is 0 Å². The number of carbonyl (C=O) groups excluding carboxylic acids is 8. The highest BCUT2D eigenvalue weighted by atomic mass is 19.1. The highest BCUT2D eigenvalue weighted by molar-refractivity contribution is 5.92. The second kappa shape index (κ2) is 40.2. The van der Waals surface area contributed by atoms with Crippen molar-refractivity contribution in [3.63, 3.8) is 0 Å². The number of hydrogen-bond donors (Lipinski definition) is 8. The van der Waals surface area contributed by atoms with Gasteiger partial charge in [-0.3, -0.25) is 38.8 Å². The van der Waals surface area contributed by atoms with Crippen LogP contribution in [0.4, 0.5) is 59.5 Å². The van der Waals surface area contributed by atoms with Crippen molar-refractivity contribution in [1.29, 1.82) is 0 Å². The summed E-state index contributed by atoms with van der Waals surface area (Å²) in [5, 5.41) is 23.6. The fourth-order valence-electron chi connectivity index (χ4n) is 12.8. The van der Waals surface area contributed by atoms with Crippen LogP contribution in [-0.2, 0) is 38.1 Å². The molecule has 0 aromatic heterocycles. The van der Waals surface area contributed by atoms with Crippen molar-refractivity contribution in [3.05, 3.63) is 96.1 Å². The van der Waals surface area contributed by atoms with Crippen LogP contribution in [0.25, 0.3) is 0 Å². The molecule has 0 saturated carbocycles. The lowest BCUT2D eigenvalue weighted by atomic mass is 9.93. The largest absolute Gasteiger partial charge is 0.491 e. The molecule has 0 aliphatic carbocycles. The van der Waals surface area contributed by atoms with Crippen molar-refractivity contribution >= 4 is 70.8 Å². The molecule has 8 amide bonds. The number of anilines is 4. The smallest absolute Gasteiger partial charge is 0.414 e. The highest BCUT2D eigenvalue weighted by Gasteiger charge is 2.37. The second-order valence-electron chi connectivity index (χ2n) is 27.0. The van der Waals surface area contributed by atoms with Crippen LogP contribution in [0.1, 0.15) is 91.9 Å². The number of benzene rings is 4. The Bertz CT molecular complexity index is 3580. The second-order valence-corrected chi connectivity index (χ2v) is 27.0. The van der Waals surface area contributed by atoms with Crippen LogP contribution in [0.5, 0.6) is 23.0 Å². The first kappa shape index (κ1) is 79.7. The summed E-state index contributed by atoms with van der Waals surface area (Å²) in [5.41, 5.74) is 1.64. The number of piperidine rings is 2. The Kier molecular flexibility index (Phi) is 30.5. The number of nitrogens with zero attached hydrogens (tertiary/aromatic N) is 4. The summed E-state index contributed by atoms with van der Waals surface area (Å²) in [6.07, 6.45) is 6.13. The first-order valence-corrected chi connectivity index (χ1v) is 36.1. The Balaban J connectivity index is 0.000000162. The molecule has 2 unspecified atom stereocenters. The molecular weight excluding hydrogens is 1380 g/mol. The fraction of sp³-hybridized carbons (Fsp3) is 0.562. The first-order chi connectivity index (χ1) is 50.6. The van der Waals surface area contributed by atoms with E-state index in [9.17, 15) is 55.9 Å². The lowest BCUT2D eigenvalue weighted by Gasteiger charge is -2.23. The molecule has 0 radical (unpaired) electrons. The number of cyclic esters (lactones) is 4. The van der Waals surface area contributed by atoms with Gasteiger partial charge in [0.2, 0.25) is 23.6 Å². The Morgan fingerprint density at radius 3 is 1.12 bits per heavy atom. The molecule has 105 heavy (non-hydrogen) atoms. The minimum atomic E-state index is -0.555. The number of amides is 8. The molecule has 8 N–H and O–H groups in total. The zero-order valence-electron chi connectivity index (χ0n) is 59.9. The summed E-state index contributed by atoms with van der Waals surface area (Å²) in [5.74, 6) is -0.494. The maximum atomic E-state index is 14.5. The van der Waals surface area contributed by atoms with Crippen LogP contribution in [-0.4, -0.2) is 203 Å². The van der Waals surface area contributed by atoms with E-state index in [-0.39, 0.29) is 105 Å². The molecule has 8 fully saturated rings. The van der Waals surface area contributed by atoms with Gasteiger partial charge < -0.3 is 80.4 Å². The molecule has 4 aromatic rings. The number of ether oxygens (including phenoxy) is 8. The first-order valence-electron chi connectivity index (χ1n) is 36.1. The fourth-order valence-corrected chi connectivity index (χ4v) is 12.8. The molecular formula is C73H98F4N12O16. The minimum absolute atomic E-state index is 0.0101. The van der Waals surface area contributed by atoms with Gasteiger partial charge in [0.15, 0.2) is 46.3 Å². The third-order valence-corrected chi connectivity index (χ3v) is 18.6. The normalized spacial score (nSPS) is 21.7. The number of rotatable bonds is 25. The van der Waals surface area contributed by atoms with Gasteiger partial charge in [0.05, 0.1) is 94.9 Å². The SMILES string of the molecule is CC(=O)NC[C@H]1CN(c2ccc(OC3CCCNCC3)c(F)c2)C(=O)O1.CC(=O)NC[C@H]1CN(c2ccc(OCC3CCNC3)c(F)c2)C(=O)O1.CC(=O)NC[C@H]1CN(c2ccc(OCC3CCNCC3)c(F)c2)C(=O)O1.CC(=O)NC[C@H]1CN(c2ccc(OCCCC3CCNCC3)c(F)c2)C(=O)O1. The van der Waals surface area contributed by atoms with E-state index in [0.29, 0.717) is 54.4 Å². The van der Waals surface area contributed by atoms with Crippen LogP contribution in [0.15, 0.2) is 72.8 Å². The van der Waals surface area contributed by atoms with Crippen molar-refractivity contribution in [2.24, 2.45) is 17.8 Å². The predicted molar refractivity (Wildman–Crippen MR) is 380 cm³/mol. The van der Waals surface area contributed by atoms with Crippen molar-refractivity contribution < 1.29 is 93.8 Å².